The fourth-order valence-electron chi connectivity index (χ4n) is 1.60. The first-order valence-corrected chi connectivity index (χ1v) is 6.00. The lowest BCUT2D eigenvalue weighted by Crippen LogP contribution is -2.23. The van der Waals surface area contributed by atoms with Gasteiger partial charge in [-0.1, -0.05) is 18.2 Å². The van der Waals surface area contributed by atoms with Gasteiger partial charge in [0.25, 0.3) is 5.91 Å². The maximum Gasteiger partial charge on any atom is 0.255 e. The number of primary amides is 1. The molecule has 0 aliphatic heterocycles. The monoisotopic (exact) mass is 270 g/mol. The van der Waals surface area contributed by atoms with Gasteiger partial charge in [0.2, 0.25) is 5.91 Å². The Hall–Kier alpha value is -2.89. The molecular formula is C14H14N4O2. The number of hydrogen-bond acceptors (Lipinski definition) is 4. The van der Waals surface area contributed by atoms with Crippen LogP contribution in [-0.2, 0) is 4.79 Å². The van der Waals surface area contributed by atoms with Gasteiger partial charge in [-0.15, -0.1) is 0 Å². The van der Waals surface area contributed by atoms with Crippen LogP contribution in [0.2, 0.25) is 0 Å². The SMILES string of the molecule is NC(=O)CNc1ncccc1NC(=O)c1ccccc1. The number of carbonyl (C=O) groups is 2. The topological polar surface area (TPSA) is 97.1 Å². The molecule has 20 heavy (non-hydrogen) atoms. The average Bonchev–Trinajstić information content (AvgIpc) is 2.47. The molecule has 6 heteroatoms. The summed E-state index contributed by atoms with van der Waals surface area (Å²) in [6, 6.07) is 12.2. The van der Waals surface area contributed by atoms with Gasteiger partial charge in [-0.2, -0.15) is 0 Å². The fraction of sp³-hybridized carbons (Fsp3) is 0.0714. The summed E-state index contributed by atoms with van der Waals surface area (Å²) in [4.78, 5) is 26.9. The van der Waals surface area contributed by atoms with E-state index in [1.807, 2.05) is 6.07 Å². The van der Waals surface area contributed by atoms with Crippen molar-refractivity contribution in [2.24, 2.45) is 5.73 Å². The van der Waals surface area contributed by atoms with Crippen molar-refractivity contribution in [2.45, 2.75) is 0 Å². The van der Waals surface area contributed by atoms with E-state index in [0.29, 0.717) is 17.1 Å². The molecule has 0 aliphatic rings. The highest BCUT2D eigenvalue weighted by molar-refractivity contribution is 6.05. The van der Waals surface area contributed by atoms with E-state index in [9.17, 15) is 9.59 Å². The van der Waals surface area contributed by atoms with Crippen molar-refractivity contribution in [1.82, 2.24) is 4.98 Å². The van der Waals surface area contributed by atoms with E-state index in [2.05, 4.69) is 15.6 Å². The quantitative estimate of drug-likeness (QED) is 0.761. The molecule has 2 amide bonds. The molecule has 0 spiro atoms. The van der Waals surface area contributed by atoms with Crippen molar-refractivity contribution >= 4 is 23.3 Å². The zero-order chi connectivity index (χ0) is 14.4. The van der Waals surface area contributed by atoms with Crippen LogP contribution in [0.3, 0.4) is 0 Å². The summed E-state index contributed by atoms with van der Waals surface area (Å²) in [6.45, 7) is -0.0504. The van der Waals surface area contributed by atoms with E-state index < -0.39 is 5.91 Å². The molecule has 0 bridgehead atoms. The molecule has 0 saturated heterocycles. The van der Waals surface area contributed by atoms with Crippen LogP contribution in [0.25, 0.3) is 0 Å². The second kappa shape index (κ2) is 6.33. The van der Waals surface area contributed by atoms with Gasteiger partial charge in [0.15, 0.2) is 0 Å². The Morgan fingerprint density at radius 2 is 1.85 bits per heavy atom. The highest BCUT2D eigenvalue weighted by atomic mass is 16.2. The summed E-state index contributed by atoms with van der Waals surface area (Å²) in [5, 5.41) is 5.50. The number of amides is 2. The molecule has 0 aliphatic carbocycles. The number of hydrogen-bond donors (Lipinski definition) is 3. The normalized spacial score (nSPS) is 9.80. The summed E-state index contributed by atoms with van der Waals surface area (Å²) in [6.07, 6.45) is 1.56. The minimum absolute atomic E-state index is 0.0504. The smallest absolute Gasteiger partial charge is 0.255 e. The number of carbonyl (C=O) groups excluding carboxylic acids is 2. The van der Waals surface area contributed by atoms with Crippen LogP contribution in [0, 0.1) is 0 Å². The summed E-state index contributed by atoms with van der Waals surface area (Å²) in [5.74, 6) is -0.354. The number of nitrogens with zero attached hydrogens (tertiary/aromatic N) is 1. The van der Waals surface area contributed by atoms with Crippen LogP contribution >= 0.6 is 0 Å². The largest absolute Gasteiger partial charge is 0.368 e. The molecule has 102 valence electrons. The lowest BCUT2D eigenvalue weighted by Gasteiger charge is -2.10. The maximum absolute atomic E-state index is 12.0. The molecule has 6 nitrogen and oxygen atoms in total. The molecule has 2 rings (SSSR count). The lowest BCUT2D eigenvalue weighted by atomic mass is 10.2. The predicted octanol–water partition coefficient (Wildman–Crippen LogP) is 1.23. The average molecular weight is 270 g/mol. The number of benzene rings is 1. The first kappa shape index (κ1) is 13.5. The molecule has 0 atom stereocenters. The zero-order valence-electron chi connectivity index (χ0n) is 10.7. The van der Waals surface area contributed by atoms with E-state index in [1.54, 1.807) is 42.6 Å². The van der Waals surface area contributed by atoms with Gasteiger partial charge in [0, 0.05) is 11.8 Å². The Balaban J connectivity index is 2.13. The third-order valence-corrected chi connectivity index (χ3v) is 2.52. The molecule has 4 N–H and O–H groups in total. The van der Waals surface area contributed by atoms with Crippen LogP contribution in [0.5, 0.6) is 0 Å². The second-order valence-corrected chi connectivity index (χ2v) is 4.04. The first-order chi connectivity index (χ1) is 9.66. The minimum atomic E-state index is -0.504. The van der Waals surface area contributed by atoms with E-state index in [0.717, 1.165) is 0 Å². The standard InChI is InChI=1S/C14H14N4O2/c15-12(19)9-17-13-11(7-4-8-16-13)18-14(20)10-5-2-1-3-6-10/h1-8H,9H2,(H2,15,19)(H,16,17)(H,18,20). The summed E-state index contributed by atoms with van der Waals surface area (Å²) in [7, 11) is 0. The molecule has 1 heterocycles. The number of rotatable bonds is 5. The maximum atomic E-state index is 12.0. The van der Waals surface area contributed by atoms with Gasteiger partial charge in [0.1, 0.15) is 5.82 Å². The third kappa shape index (κ3) is 3.55. The van der Waals surface area contributed by atoms with Crippen LogP contribution in [0.1, 0.15) is 10.4 Å². The first-order valence-electron chi connectivity index (χ1n) is 6.00. The lowest BCUT2D eigenvalue weighted by molar-refractivity contribution is -0.116. The van der Waals surface area contributed by atoms with Crippen LogP contribution < -0.4 is 16.4 Å². The molecule has 0 radical (unpaired) electrons. The van der Waals surface area contributed by atoms with Crippen LogP contribution in [0.15, 0.2) is 48.7 Å². The number of nitrogens with one attached hydrogen (secondary N) is 2. The zero-order valence-corrected chi connectivity index (χ0v) is 10.7. The summed E-state index contributed by atoms with van der Waals surface area (Å²) < 4.78 is 0. The van der Waals surface area contributed by atoms with E-state index >= 15 is 0 Å². The molecule has 0 fully saturated rings. The van der Waals surface area contributed by atoms with Crippen molar-refractivity contribution in [2.75, 3.05) is 17.2 Å². The molecular weight excluding hydrogens is 256 g/mol. The Labute approximate surface area is 116 Å². The van der Waals surface area contributed by atoms with Gasteiger partial charge < -0.3 is 16.4 Å². The molecule has 2 aromatic rings. The van der Waals surface area contributed by atoms with Crippen molar-refractivity contribution in [3.8, 4) is 0 Å². The van der Waals surface area contributed by atoms with E-state index in [1.165, 1.54) is 0 Å². The summed E-state index contributed by atoms with van der Waals surface area (Å²) in [5.41, 5.74) is 6.09. The van der Waals surface area contributed by atoms with E-state index in [4.69, 9.17) is 5.73 Å². The Bertz CT molecular complexity index is 614. The highest BCUT2D eigenvalue weighted by Crippen LogP contribution is 2.18. The van der Waals surface area contributed by atoms with Crippen molar-refractivity contribution < 1.29 is 9.59 Å². The Morgan fingerprint density at radius 3 is 2.55 bits per heavy atom. The van der Waals surface area contributed by atoms with Gasteiger partial charge in [-0.3, -0.25) is 9.59 Å². The number of nitrogens with two attached hydrogens (primary N) is 1. The Morgan fingerprint density at radius 1 is 1.10 bits per heavy atom. The number of aromatic nitrogens is 1. The summed E-state index contributed by atoms with van der Waals surface area (Å²) >= 11 is 0. The van der Waals surface area contributed by atoms with Gasteiger partial charge in [0.05, 0.1) is 12.2 Å². The van der Waals surface area contributed by atoms with Gasteiger partial charge in [-0.05, 0) is 24.3 Å². The van der Waals surface area contributed by atoms with Crippen molar-refractivity contribution in [3.05, 3.63) is 54.2 Å². The predicted molar refractivity (Wildman–Crippen MR) is 76.3 cm³/mol. The highest BCUT2D eigenvalue weighted by Gasteiger charge is 2.09. The molecule has 0 unspecified atom stereocenters. The molecule has 1 aromatic heterocycles. The van der Waals surface area contributed by atoms with E-state index in [-0.39, 0.29) is 12.5 Å². The number of anilines is 2. The molecule has 0 saturated carbocycles. The minimum Gasteiger partial charge on any atom is -0.368 e. The van der Waals surface area contributed by atoms with Crippen LogP contribution in [0.4, 0.5) is 11.5 Å². The number of pyridine rings is 1. The van der Waals surface area contributed by atoms with Crippen LogP contribution in [-0.4, -0.2) is 23.3 Å². The Kier molecular flexibility index (Phi) is 4.28. The van der Waals surface area contributed by atoms with Crippen molar-refractivity contribution in [1.29, 1.82) is 0 Å². The van der Waals surface area contributed by atoms with Crippen molar-refractivity contribution in [3.63, 3.8) is 0 Å². The van der Waals surface area contributed by atoms with Gasteiger partial charge >= 0.3 is 0 Å². The third-order valence-electron chi connectivity index (χ3n) is 2.52. The molecule has 1 aromatic carbocycles. The second-order valence-electron chi connectivity index (χ2n) is 4.04. The fourth-order valence-corrected chi connectivity index (χ4v) is 1.60. The van der Waals surface area contributed by atoms with Gasteiger partial charge in [-0.25, -0.2) is 4.98 Å².